The Kier molecular flexibility index (Phi) is 6.89. The van der Waals surface area contributed by atoms with Gasteiger partial charge in [0.05, 0.1) is 6.54 Å². The fourth-order valence-electron chi connectivity index (χ4n) is 1.63. The van der Waals surface area contributed by atoms with Crippen LogP contribution in [0.5, 0.6) is 5.75 Å². The zero-order chi connectivity index (χ0) is 14.8. The van der Waals surface area contributed by atoms with E-state index in [0.29, 0.717) is 12.2 Å². The van der Waals surface area contributed by atoms with Crippen molar-refractivity contribution in [2.24, 2.45) is 0 Å². The highest BCUT2D eigenvalue weighted by molar-refractivity contribution is 5.81. The van der Waals surface area contributed by atoms with Crippen molar-refractivity contribution < 1.29 is 19.4 Å². The topological polar surface area (TPSA) is 66.8 Å². The Labute approximate surface area is 118 Å². The molecule has 1 amide bonds. The third-order valence-electron chi connectivity index (χ3n) is 2.61. The first-order chi connectivity index (χ1) is 9.63. The molecule has 0 radical (unpaired) electrons. The summed E-state index contributed by atoms with van der Waals surface area (Å²) in [5.41, 5.74) is 0. The fourth-order valence-corrected chi connectivity index (χ4v) is 1.63. The van der Waals surface area contributed by atoms with Crippen molar-refractivity contribution in [3.63, 3.8) is 0 Å². The molecule has 0 saturated carbocycles. The van der Waals surface area contributed by atoms with Crippen LogP contribution >= 0.6 is 0 Å². The Balaban J connectivity index is 2.45. The second-order valence-corrected chi connectivity index (χ2v) is 4.20. The van der Waals surface area contributed by atoms with Crippen molar-refractivity contribution in [3.8, 4) is 5.75 Å². The lowest BCUT2D eigenvalue weighted by molar-refractivity contribution is -0.144. The number of ether oxygens (including phenoxy) is 1. The van der Waals surface area contributed by atoms with Gasteiger partial charge in [0.15, 0.2) is 0 Å². The zero-order valence-corrected chi connectivity index (χ0v) is 11.3. The van der Waals surface area contributed by atoms with Crippen LogP contribution in [-0.4, -0.2) is 41.6 Å². The fraction of sp³-hybridized carbons (Fsp3) is 0.333. The first-order valence-corrected chi connectivity index (χ1v) is 6.42. The van der Waals surface area contributed by atoms with Gasteiger partial charge in [-0.2, -0.15) is 0 Å². The van der Waals surface area contributed by atoms with Gasteiger partial charge in [-0.1, -0.05) is 24.3 Å². The number of para-hydroxylation sites is 1. The number of benzene rings is 1. The van der Waals surface area contributed by atoms with E-state index >= 15 is 0 Å². The number of carbonyl (C=O) groups excluding carboxylic acids is 1. The Morgan fingerprint density at radius 2 is 2.00 bits per heavy atom. The Morgan fingerprint density at radius 3 is 2.60 bits per heavy atom. The molecule has 0 aliphatic heterocycles. The molecule has 20 heavy (non-hydrogen) atoms. The van der Waals surface area contributed by atoms with Gasteiger partial charge >= 0.3 is 5.97 Å². The standard InChI is InChI=1S/C15H19NO4/c1-2-3-9-14(17)16(12-15(18)19)10-11-20-13-7-5-4-6-8-13/h2,4-8H,1,3,9-12H2,(H,18,19). The molecule has 0 heterocycles. The van der Waals surface area contributed by atoms with Crippen LogP contribution in [0.15, 0.2) is 43.0 Å². The highest BCUT2D eigenvalue weighted by Crippen LogP contribution is 2.08. The smallest absolute Gasteiger partial charge is 0.323 e. The molecule has 0 aliphatic rings. The van der Waals surface area contributed by atoms with E-state index in [0.717, 1.165) is 0 Å². The normalized spacial score (nSPS) is 9.80. The van der Waals surface area contributed by atoms with Crippen molar-refractivity contribution in [2.45, 2.75) is 12.8 Å². The molecule has 0 atom stereocenters. The maximum absolute atomic E-state index is 11.8. The lowest BCUT2D eigenvalue weighted by atomic mass is 10.2. The minimum Gasteiger partial charge on any atom is -0.492 e. The molecular weight excluding hydrogens is 258 g/mol. The van der Waals surface area contributed by atoms with Crippen LogP contribution in [0.2, 0.25) is 0 Å². The molecule has 0 unspecified atom stereocenters. The number of nitrogens with zero attached hydrogens (tertiary/aromatic N) is 1. The number of hydrogen-bond donors (Lipinski definition) is 1. The number of rotatable bonds is 9. The third kappa shape index (κ3) is 6.04. The zero-order valence-electron chi connectivity index (χ0n) is 11.3. The van der Waals surface area contributed by atoms with E-state index in [4.69, 9.17) is 9.84 Å². The maximum atomic E-state index is 11.8. The van der Waals surface area contributed by atoms with Crippen LogP contribution in [0.25, 0.3) is 0 Å². The van der Waals surface area contributed by atoms with Gasteiger partial charge in [0.25, 0.3) is 0 Å². The SMILES string of the molecule is C=CCCC(=O)N(CCOc1ccccc1)CC(=O)O. The molecule has 5 nitrogen and oxygen atoms in total. The van der Waals surface area contributed by atoms with Gasteiger partial charge in [0.2, 0.25) is 5.91 Å². The van der Waals surface area contributed by atoms with Crippen molar-refractivity contribution in [1.82, 2.24) is 4.90 Å². The highest BCUT2D eigenvalue weighted by Gasteiger charge is 2.15. The summed E-state index contributed by atoms with van der Waals surface area (Å²) in [6, 6.07) is 9.18. The average Bonchev–Trinajstić information content (AvgIpc) is 2.44. The molecule has 1 aromatic carbocycles. The summed E-state index contributed by atoms with van der Waals surface area (Å²) in [6.45, 7) is 3.74. The highest BCUT2D eigenvalue weighted by atomic mass is 16.5. The van der Waals surface area contributed by atoms with Crippen LogP contribution in [0, 0.1) is 0 Å². The van der Waals surface area contributed by atoms with Crippen LogP contribution in [0.4, 0.5) is 0 Å². The van der Waals surface area contributed by atoms with Crippen LogP contribution in [0.3, 0.4) is 0 Å². The van der Waals surface area contributed by atoms with E-state index in [1.54, 1.807) is 18.2 Å². The number of allylic oxidation sites excluding steroid dienone is 1. The van der Waals surface area contributed by atoms with Crippen molar-refractivity contribution in [2.75, 3.05) is 19.7 Å². The molecule has 1 N–H and O–H groups in total. The van der Waals surface area contributed by atoms with Gasteiger partial charge in [-0.3, -0.25) is 9.59 Å². The van der Waals surface area contributed by atoms with Crippen LogP contribution in [-0.2, 0) is 9.59 Å². The largest absolute Gasteiger partial charge is 0.492 e. The second kappa shape index (κ2) is 8.74. The van der Waals surface area contributed by atoms with Crippen LogP contribution in [0.1, 0.15) is 12.8 Å². The molecule has 0 fully saturated rings. The Hall–Kier alpha value is -2.30. The summed E-state index contributed by atoms with van der Waals surface area (Å²) in [5, 5.41) is 8.82. The number of hydrogen-bond acceptors (Lipinski definition) is 3. The average molecular weight is 277 g/mol. The molecular formula is C15H19NO4. The van der Waals surface area contributed by atoms with E-state index in [9.17, 15) is 9.59 Å². The van der Waals surface area contributed by atoms with E-state index in [2.05, 4.69) is 6.58 Å². The molecule has 1 rings (SSSR count). The van der Waals surface area contributed by atoms with Crippen LogP contribution < -0.4 is 4.74 Å². The van der Waals surface area contributed by atoms with E-state index in [-0.39, 0.29) is 32.0 Å². The Bertz CT molecular complexity index is 444. The van der Waals surface area contributed by atoms with Gasteiger partial charge < -0.3 is 14.7 Å². The maximum Gasteiger partial charge on any atom is 0.323 e. The van der Waals surface area contributed by atoms with E-state index in [1.807, 2.05) is 18.2 Å². The molecule has 0 spiro atoms. The minimum atomic E-state index is -1.03. The number of carbonyl (C=O) groups is 2. The third-order valence-corrected chi connectivity index (χ3v) is 2.61. The Morgan fingerprint density at radius 1 is 1.30 bits per heavy atom. The predicted molar refractivity (Wildman–Crippen MR) is 75.6 cm³/mol. The summed E-state index contributed by atoms with van der Waals surface area (Å²) in [6.07, 6.45) is 2.44. The summed E-state index contributed by atoms with van der Waals surface area (Å²) in [4.78, 5) is 23.9. The quantitative estimate of drug-likeness (QED) is 0.700. The summed E-state index contributed by atoms with van der Waals surface area (Å²) in [7, 11) is 0. The van der Waals surface area contributed by atoms with Crippen molar-refractivity contribution in [1.29, 1.82) is 0 Å². The number of carboxylic acid groups (broad SMARTS) is 1. The second-order valence-electron chi connectivity index (χ2n) is 4.20. The summed E-state index contributed by atoms with van der Waals surface area (Å²) >= 11 is 0. The van der Waals surface area contributed by atoms with Gasteiger partial charge in [-0.25, -0.2) is 0 Å². The molecule has 1 aromatic rings. The minimum absolute atomic E-state index is 0.205. The number of aliphatic carboxylic acids is 1. The molecule has 5 heteroatoms. The van der Waals surface area contributed by atoms with Gasteiger partial charge in [0.1, 0.15) is 18.9 Å². The number of amides is 1. The van der Waals surface area contributed by atoms with Gasteiger partial charge in [-0.05, 0) is 18.6 Å². The lowest BCUT2D eigenvalue weighted by Gasteiger charge is -2.20. The van der Waals surface area contributed by atoms with Crippen molar-refractivity contribution in [3.05, 3.63) is 43.0 Å². The first kappa shape index (κ1) is 15.8. The number of carboxylic acids is 1. The monoisotopic (exact) mass is 277 g/mol. The van der Waals surface area contributed by atoms with E-state index < -0.39 is 5.97 Å². The van der Waals surface area contributed by atoms with Gasteiger partial charge in [0, 0.05) is 6.42 Å². The van der Waals surface area contributed by atoms with Gasteiger partial charge in [-0.15, -0.1) is 6.58 Å². The van der Waals surface area contributed by atoms with E-state index in [1.165, 1.54) is 4.90 Å². The molecule has 0 aromatic heterocycles. The molecule has 0 aliphatic carbocycles. The molecule has 0 bridgehead atoms. The summed E-state index contributed by atoms with van der Waals surface area (Å²) < 4.78 is 5.47. The summed E-state index contributed by atoms with van der Waals surface area (Å²) in [5.74, 6) is -0.540. The molecule has 108 valence electrons. The molecule has 0 saturated heterocycles. The first-order valence-electron chi connectivity index (χ1n) is 6.42. The predicted octanol–water partition coefficient (Wildman–Crippen LogP) is 1.94. The van der Waals surface area contributed by atoms with Crippen molar-refractivity contribution >= 4 is 11.9 Å². The lowest BCUT2D eigenvalue weighted by Crippen LogP contribution is -2.38.